The van der Waals surface area contributed by atoms with Crippen molar-refractivity contribution in [1.82, 2.24) is 5.32 Å². The van der Waals surface area contributed by atoms with Gasteiger partial charge in [-0.2, -0.15) is 11.8 Å². The predicted molar refractivity (Wildman–Crippen MR) is 69.5 cm³/mol. The lowest BCUT2D eigenvalue weighted by Crippen LogP contribution is -2.44. The average molecular weight is 231 g/mol. The number of Topliss-reactive ketones (excluding diaryl/α,β-unsaturated/α-hetero) is 1. The fourth-order valence-corrected chi connectivity index (χ4v) is 2.14. The van der Waals surface area contributed by atoms with Crippen LogP contribution < -0.4 is 5.32 Å². The summed E-state index contributed by atoms with van der Waals surface area (Å²) < 4.78 is 0. The van der Waals surface area contributed by atoms with Crippen LogP contribution in [0.1, 0.15) is 41.5 Å². The molecule has 0 unspecified atom stereocenters. The standard InChI is InChI=1S/C12H25NOS/c1-8(2)12(14)11(13-9(3)4)7-15-10(5)6/h8-11,13H,7H2,1-6H3/t11-/m1/s1. The Hall–Kier alpha value is -0.0200. The summed E-state index contributed by atoms with van der Waals surface area (Å²) in [6.45, 7) is 12.4. The Labute approximate surface area is 98.6 Å². The molecule has 0 aliphatic rings. The van der Waals surface area contributed by atoms with Crippen LogP contribution in [0.2, 0.25) is 0 Å². The van der Waals surface area contributed by atoms with Gasteiger partial charge in [-0.15, -0.1) is 0 Å². The number of hydrogen-bond acceptors (Lipinski definition) is 3. The molecule has 0 fully saturated rings. The van der Waals surface area contributed by atoms with Crippen LogP contribution in [0.5, 0.6) is 0 Å². The molecule has 1 atom stereocenters. The van der Waals surface area contributed by atoms with E-state index in [1.807, 2.05) is 25.6 Å². The van der Waals surface area contributed by atoms with Crippen molar-refractivity contribution in [3.63, 3.8) is 0 Å². The SMILES string of the molecule is CC(C)N[C@H](CSC(C)C)C(=O)C(C)C. The van der Waals surface area contributed by atoms with Gasteiger partial charge >= 0.3 is 0 Å². The second-order valence-electron chi connectivity index (χ2n) is 4.81. The van der Waals surface area contributed by atoms with Gasteiger partial charge in [0, 0.05) is 17.7 Å². The molecule has 0 spiro atoms. The zero-order valence-corrected chi connectivity index (χ0v) is 11.6. The summed E-state index contributed by atoms with van der Waals surface area (Å²) in [4.78, 5) is 11.9. The van der Waals surface area contributed by atoms with Gasteiger partial charge in [0.25, 0.3) is 0 Å². The Bertz CT molecular complexity index is 190. The first-order valence-corrected chi connectivity index (χ1v) is 6.80. The third kappa shape index (κ3) is 6.96. The number of carbonyl (C=O) groups is 1. The molecule has 0 aromatic heterocycles. The van der Waals surface area contributed by atoms with Gasteiger partial charge in [-0.05, 0) is 5.25 Å². The second-order valence-corrected chi connectivity index (χ2v) is 6.42. The zero-order valence-electron chi connectivity index (χ0n) is 10.8. The lowest BCUT2D eigenvalue weighted by molar-refractivity contribution is -0.123. The molecule has 0 rings (SSSR count). The van der Waals surface area contributed by atoms with E-state index >= 15 is 0 Å². The molecule has 0 aromatic rings. The molecule has 0 amide bonds. The third-order valence-electron chi connectivity index (χ3n) is 2.04. The molecule has 0 aliphatic carbocycles. The quantitative estimate of drug-likeness (QED) is 0.730. The molecular weight excluding hydrogens is 206 g/mol. The maximum absolute atomic E-state index is 11.9. The van der Waals surface area contributed by atoms with Crippen molar-refractivity contribution < 1.29 is 4.79 Å². The van der Waals surface area contributed by atoms with Crippen molar-refractivity contribution in [2.24, 2.45) is 5.92 Å². The van der Waals surface area contributed by atoms with E-state index in [2.05, 4.69) is 33.0 Å². The van der Waals surface area contributed by atoms with Crippen LogP contribution >= 0.6 is 11.8 Å². The van der Waals surface area contributed by atoms with Gasteiger partial charge in [0.2, 0.25) is 0 Å². The largest absolute Gasteiger partial charge is 0.305 e. The highest BCUT2D eigenvalue weighted by atomic mass is 32.2. The van der Waals surface area contributed by atoms with Gasteiger partial charge in [-0.3, -0.25) is 4.79 Å². The molecule has 2 nitrogen and oxygen atoms in total. The first-order chi connectivity index (χ1) is 6.84. The fraction of sp³-hybridized carbons (Fsp3) is 0.917. The summed E-state index contributed by atoms with van der Waals surface area (Å²) in [5.74, 6) is 1.33. The zero-order chi connectivity index (χ0) is 12.0. The lowest BCUT2D eigenvalue weighted by Gasteiger charge is -2.22. The number of nitrogens with one attached hydrogen (secondary N) is 1. The fourth-order valence-electron chi connectivity index (χ4n) is 1.31. The highest BCUT2D eigenvalue weighted by Gasteiger charge is 2.21. The van der Waals surface area contributed by atoms with Gasteiger partial charge in [0.15, 0.2) is 5.78 Å². The molecule has 90 valence electrons. The molecule has 15 heavy (non-hydrogen) atoms. The minimum atomic E-state index is 0.0115. The van der Waals surface area contributed by atoms with Gasteiger partial charge in [-0.1, -0.05) is 41.5 Å². The maximum Gasteiger partial charge on any atom is 0.153 e. The number of rotatable bonds is 7. The minimum absolute atomic E-state index is 0.0115. The summed E-state index contributed by atoms with van der Waals surface area (Å²) in [7, 11) is 0. The van der Waals surface area contributed by atoms with E-state index < -0.39 is 0 Å². The van der Waals surface area contributed by atoms with E-state index in [4.69, 9.17) is 0 Å². The van der Waals surface area contributed by atoms with E-state index in [0.29, 0.717) is 17.1 Å². The summed E-state index contributed by atoms with van der Waals surface area (Å²) in [6.07, 6.45) is 0. The van der Waals surface area contributed by atoms with Crippen molar-refractivity contribution in [3.8, 4) is 0 Å². The molecule has 0 bridgehead atoms. The van der Waals surface area contributed by atoms with Crippen LogP contribution in [0.3, 0.4) is 0 Å². The van der Waals surface area contributed by atoms with Gasteiger partial charge in [0.1, 0.15) is 0 Å². The van der Waals surface area contributed by atoms with Crippen molar-refractivity contribution in [1.29, 1.82) is 0 Å². The third-order valence-corrected chi connectivity index (χ3v) is 3.24. The average Bonchev–Trinajstić information content (AvgIpc) is 2.10. The van der Waals surface area contributed by atoms with Crippen LogP contribution in [0.15, 0.2) is 0 Å². The number of thioether (sulfide) groups is 1. The van der Waals surface area contributed by atoms with E-state index in [0.717, 1.165) is 5.75 Å². The summed E-state index contributed by atoms with van der Waals surface area (Å²) in [5.41, 5.74) is 0. The Morgan fingerprint density at radius 1 is 1.13 bits per heavy atom. The van der Waals surface area contributed by atoms with Gasteiger partial charge < -0.3 is 5.32 Å². The Balaban J connectivity index is 4.24. The van der Waals surface area contributed by atoms with Crippen LogP contribution in [-0.2, 0) is 4.79 Å². The van der Waals surface area contributed by atoms with Crippen molar-refractivity contribution in [3.05, 3.63) is 0 Å². The first-order valence-electron chi connectivity index (χ1n) is 5.76. The van der Waals surface area contributed by atoms with E-state index in [1.165, 1.54) is 0 Å². The van der Waals surface area contributed by atoms with E-state index in [-0.39, 0.29) is 12.0 Å². The molecule has 0 radical (unpaired) electrons. The van der Waals surface area contributed by atoms with Crippen molar-refractivity contribution in [2.75, 3.05) is 5.75 Å². The first kappa shape index (κ1) is 15.0. The summed E-state index contributed by atoms with van der Waals surface area (Å²) in [6, 6.07) is 0.378. The second kappa shape index (κ2) is 7.29. The van der Waals surface area contributed by atoms with Crippen molar-refractivity contribution in [2.45, 2.75) is 58.9 Å². The van der Waals surface area contributed by atoms with Crippen molar-refractivity contribution >= 4 is 17.5 Å². The molecule has 0 aliphatic heterocycles. The normalized spacial score (nSPS) is 13.9. The van der Waals surface area contributed by atoms with Crippen LogP contribution in [0.4, 0.5) is 0 Å². The molecule has 3 heteroatoms. The van der Waals surface area contributed by atoms with Crippen LogP contribution in [0.25, 0.3) is 0 Å². The lowest BCUT2D eigenvalue weighted by atomic mass is 10.0. The Morgan fingerprint density at radius 2 is 1.67 bits per heavy atom. The number of carbonyl (C=O) groups excluding carboxylic acids is 1. The highest BCUT2D eigenvalue weighted by Crippen LogP contribution is 2.13. The topological polar surface area (TPSA) is 29.1 Å². The molecular formula is C12H25NOS. The minimum Gasteiger partial charge on any atom is -0.305 e. The van der Waals surface area contributed by atoms with Crippen LogP contribution in [0, 0.1) is 5.92 Å². The maximum atomic E-state index is 11.9. The van der Waals surface area contributed by atoms with E-state index in [9.17, 15) is 4.79 Å². The molecule has 1 N–H and O–H groups in total. The molecule has 0 saturated heterocycles. The summed E-state index contributed by atoms with van der Waals surface area (Å²) >= 11 is 1.84. The monoisotopic (exact) mass is 231 g/mol. The molecule has 0 saturated carbocycles. The molecule has 0 aromatic carbocycles. The number of ketones is 1. The summed E-state index contributed by atoms with van der Waals surface area (Å²) in [5, 5.41) is 3.93. The Kier molecular flexibility index (Phi) is 7.28. The number of hydrogen-bond donors (Lipinski definition) is 1. The predicted octanol–water partition coefficient (Wildman–Crippen LogP) is 2.72. The molecule has 0 heterocycles. The van der Waals surface area contributed by atoms with Crippen LogP contribution in [-0.4, -0.2) is 28.9 Å². The Morgan fingerprint density at radius 3 is 2.00 bits per heavy atom. The van der Waals surface area contributed by atoms with Gasteiger partial charge in [0.05, 0.1) is 6.04 Å². The van der Waals surface area contributed by atoms with Gasteiger partial charge in [-0.25, -0.2) is 0 Å². The highest BCUT2D eigenvalue weighted by molar-refractivity contribution is 7.99. The smallest absolute Gasteiger partial charge is 0.153 e. The van der Waals surface area contributed by atoms with E-state index in [1.54, 1.807) is 0 Å².